The van der Waals surface area contributed by atoms with E-state index in [9.17, 15) is 9.59 Å². The van der Waals surface area contributed by atoms with Crippen LogP contribution in [0.15, 0.2) is 56.3 Å². The van der Waals surface area contributed by atoms with Crippen molar-refractivity contribution in [3.63, 3.8) is 0 Å². The summed E-state index contributed by atoms with van der Waals surface area (Å²) >= 11 is 0. The third-order valence-corrected chi connectivity index (χ3v) is 3.45. The molecule has 0 aliphatic carbocycles. The molecule has 0 fully saturated rings. The van der Waals surface area contributed by atoms with Crippen LogP contribution < -0.4 is 15.8 Å². The highest BCUT2D eigenvalue weighted by Gasteiger charge is 2.10. The Labute approximate surface area is 137 Å². The van der Waals surface area contributed by atoms with Crippen molar-refractivity contribution in [1.29, 1.82) is 0 Å². The van der Waals surface area contributed by atoms with Gasteiger partial charge < -0.3 is 18.9 Å². The summed E-state index contributed by atoms with van der Waals surface area (Å²) in [6, 6.07) is 8.63. The van der Waals surface area contributed by atoms with E-state index in [0.717, 1.165) is 0 Å². The van der Waals surface area contributed by atoms with Gasteiger partial charge in [0, 0.05) is 25.2 Å². The lowest BCUT2D eigenvalue weighted by Crippen LogP contribution is -2.28. The Balaban J connectivity index is 1.62. The summed E-state index contributed by atoms with van der Waals surface area (Å²) in [7, 11) is 1.54. The highest BCUT2D eigenvalue weighted by Crippen LogP contribution is 2.19. The van der Waals surface area contributed by atoms with Gasteiger partial charge in [-0.2, -0.15) is 0 Å². The minimum Gasteiger partial charge on any atom is -0.497 e. The van der Waals surface area contributed by atoms with Crippen molar-refractivity contribution in [3.05, 3.63) is 59.0 Å². The maximum atomic E-state index is 11.9. The molecule has 0 aliphatic rings. The molecule has 0 bridgehead atoms. The summed E-state index contributed by atoms with van der Waals surface area (Å²) in [6.45, 7) is 0.598. The molecular formula is C17H16N2O5. The predicted octanol–water partition coefficient (Wildman–Crippen LogP) is 2.03. The Kier molecular flexibility index (Phi) is 4.51. The number of fused-ring (bicyclic) bond motifs is 1. The lowest BCUT2D eigenvalue weighted by atomic mass is 10.3. The van der Waals surface area contributed by atoms with Crippen molar-refractivity contribution in [3.8, 4) is 5.75 Å². The van der Waals surface area contributed by atoms with E-state index in [1.807, 2.05) is 0 Å². The van der Waals surface area contributed by atoms with Gasteiger partial charge in [-0.3, -0.25) is 9.36 Å². The third-order valence-electron chi connectivity index (χ3n) is 3.45. The second-order valence-corrected chi connectivity index (χ2v) is 4.99. The topological polar surface area (TPSA) is 86.6 Å². The van der Waals surface area contributed by atoms with Crippen molar-refractivity contribution in [2.24, 2.45) is 0 Å². The first kappa shape index (κ1) is 15.7. The number of ether oxygens (including phenoxy) is 1. The van der Waals surface area contributed by atoms with E-state index in [1.165, 1.54) is 16.9 Å². The van der Waals surface area contributed by atoms with Crippen LogP contribution in [-0.4, -0.2) is 24.1 Å². The number of methoxy groups -OCH3 is 1. The molecule has 3 rings (SSSR count). The number of carbonyl (C=O) groups is 1. The zero-order valence-corrected chi connectivity index (χ0v) is 13.0. The van der Waals surface area contributed by atoms with Gasteiger partial charge in [-0.15, -0.1) is 0 Å². The molecule has 24 heavy (non-hydrogen) atoms. The molecular weight excluding hydrogens is 312 g/mol. The molecule has 0 spiro atoms. The molecule has 1 N–H and O–H groups in total. The van der Waals surface area contributed by atoms with Gasteiger partial charge in [0.25, 0.3) is 0 Å². The first-order valence-electron chi connectivity index (χ1n) is 7.34. The zero-order valence-electron chi connectivity index (χ0n) is 13.0. The Morgan fingerprint density at radius 2 is 2.25 bits per heavy atom. The number of rotatable bonds is 6. The van der Waals surface area contributed by atoms with Crippen molar-refractivity contribution < 1.29 is 18.4 Å². The van der Waals surface area contributed by atoms with Crippen LogP contribution in [0.1, 0.15) is 5.76 Å². The molecule has 0 unspecified atom stereocenters. The van der Waals surface area contributed by atoms with E-state index in [4.69, 9.17) is 13.6 Å². The van der Waals surface area contributed by atoms with E-state index in [2.05, 4.69) is 5.32 Å². The first-order chi connectivity index (χ1) is 11.7. The van der Waals surface area contributed by atoms with Crippen LogP contribution in [0, 0.1) is 0 Å². The van der Waals surface area contributed by atoms with Crippen LogP contribution in [0.25, 0.3) is 17.2 Å². The highest BCUT2D eigenvalue weighted by atomic mass is 16.5. The molecule has 2 aromatic heterocycles. The molecule has 0 radical (unpaired) electrons. The van der Waals surface area contributed by atoms with E-state index in [1.54, 1.807) is 43.5 Å². The summed E-state index contributed by atoms with van der Waals surface area (Å²) in [5, 5.41) is 2.70. The Bertz CT molecular complexity index is 918. The summed E-state index contributed by atoms with van der Waals surface area (Å²) in [5.74, 6) is 0.462. The number of oxazole rings is 1. The van der Waals surface area contributed by atoms with Crippen LogP contribution in [0.3, 0.4) is 0 Å². The van der Waals surface area contributed by atoms with Crippen LogP contribution in [0.4, 0.5) is 0 Å². The number of amides is 1. The second-order valence-electron chi connectivity index (χ2n) is 4.99. The largest absolute Gasteiger partial charge is 0.497 e. The van der Waals surface area contributed by atoms with Crippen LogP contribution in [0.2, 0.25) is 0 Å². The number of nitrogens with one attached hydrogen (secondary N) is 1. The molecule has 3 aromatic rings. The molecule has 2 heterocycles. The van der Waals surface area contributed by atoms with Crippen LogP contribution >= 0.6 is 0 Å². The molecule has 0 aliphatic heterocycles. The van der Waals surface area contributed by atoms with Crippen LogP contribution in [-0.2, 0) is 11.3 Å². The maximum absolute atomic E-state index is 11.9. The number of hydrogen-bond donors (Lipinski definition) is 1. The Morgan fingerprint density at radius 3 is 3.00 bits per heavy atom. The van der Waals surface area contributed by atoms with Crippen molar-refractivity contribution in [2.75, 3.05) is 13.7 Å². The number of hydrogen-bond acceptors (Lipinski definition) is 5. The number of carbonyl (C=O) groups excluding carboxylic acids is 1. The Hall–Kier alpha value is -3.22. The third kappa shape index (κ3) is 3.40. The van der Waals surface area contributed by atoms with Crippen molar-refractivity contribution in [1.82, 2.24) is 9.88 Å². The van der Waals surface area contributed by atoms with Crippen molar-refractivity contribution >= 4 is 23.1 Å². The summed E-state index contributed by atoms with van der Waals surface area (Å²) in [5.41, 5.74) is 1.10. The van der Waals surface area contributed by atoms with E-state index in [-0.39, 0.29) is 5.91 Å². The van der Waals surface area contributed by atoms with Crippen molar-refractivity contribution in [2.45, 2.75) is 6.54 Å². The highest BCUT2D eigenvalue weighted by molar-refractivity contribution is 5.91. The monoisotopic (exact) mass is 328 g/mol. The lowest BCUT2D eigenvalue weighted by Gasteiger charge is -2.04. The molecule has 1 aromatic carbocycles. The van der Waals surface area contributed by atoms with Gasteiger partial charge in [0.15, 0.2) is 5.58 Å². The fraction of sp³-hybridized carbons (Fsp3) is 0.176. The number of nitrogens with zero attached hydrogens (tertiary/aromatic N) is 1. The molecule has 0 saturated carbocycles. The number of aromatic nitrogens is 1. The average molecular weight is 328 g/mol. The normalized spacial score (nSPS) is 11.2. The smallest absolute Gasteiger partial charge is 0.420 e. The summed E-state index contributed by atoms with van der Waals surface area (Å²) in [6.07, 6.45) is 4.48. The van der Waals surface area contributed by atoms with Gasteiger partial charge in [-0.1, -0.05) is 0 Å². The fourth-order valence-corrected chi connectivity index (χ4v) is 2.28. The van der Waals surface area contributed by atoms with Crippen LogP contribution in [0.5, 0.6) is 5.75 Å². The van der Waals surface area contributed by atoms with E-state index >= 15 is 0 Å². The molecule has 124 valence electrons. The number of benzene rings is 1. The van der Waals surface area contributed by atoms with Gasteiger partial charge in [-0.05, 0) is 30.3 Å². The van der Waals surface area contributed by atoms with Gasteiger partial charge in [0.05, 0.1) is 18.9 Å². The lowest BCUT2D eigenvalue weighted by molar-refractivity contribution is -0.116. The molecule has 0 saturated heterocycles. The molecule has 0 atom stereocenters. The minimum absolute atomic E-state index is 0.270. The van der Waals surface area contributed by atoms with Gasteiger partial charge in [-0.25, -0.2) is 4.79 Å². The standard InChI is InChI=1S/C17H16N2O5/c1-22-13-4-6-14-15(11-13)24-17(21)19(14)9-8-18-16(20)7-5-12-3-2-10-23-12/h2-7,10-11H,8-9H2,1H3,(H,18,20)/b7-5+. The van der Waals surface area contributed by atoms with Gasteiger partial charge in [0.2, 0.25) is 5.91 Å². The number of furan rings is 1. The second kappa shape index (κ2) is 6.91. The summed E-state index contributed by atoms with van der Waals surface area (Å²) < 4.78 is 16.8. The SMILES string of the molecule is COc1ccc2c(c1)oc(=O)n2CCNC(=O)/C=C/c1ccco1. The molecule has 7 nitrogen and oxygen atoms in total. The molecule has 1 amide bonds. The molecule has 7 heteroatoms. The van der Waals surface area contributed by atoms with Gasteiger partial charge in [0.1, 0.15) is 11.5 Å². The fourth-order valence-electron chi connectivity index (χ4n) is 2.28. The Morgan fingerprint density at radius 1 is 1.38 bits per heavy atom. The average Bonchev–Trinajstić information content (AvgIpc) is 3.20. The predicted molar refractivity (Wildman–Crippen MR) is 87.8 cm³/mol. The van der Waals surface area contributed by atoms with Gasteiger partial charge >= 0.3 is 5.76 Å². The zero-order chi connectivity index (χ0) is 16.9. The van der Waals surface area contributed by atoms with E-state index < -0.39 is 5.76 Å². The summed E-state index contributed by atoms with van der Waals surface area (Å²) in [4.78, 5) is 23.6. The maximum Gasteiger partial charge on any atom is 0.420 e. The first-order valence-corrected chi connectivity index (χ1v) is 7.34. The quantitative estimate of drug-likeness (QED) is 0.700. The van der Waals surface area contributed by atoms with E-state index in [0.29, 0.717) is 35.7 Å². The minimum atomic E-state index is -0.473.